The molecule has 21 heavy (non-hydrogen) atoms. The van der Waals surface area contributed by atoms with E-state index in [4.69, 9.17) is 0 Å². The average Bonchev–Trinajstić information content (AvgIpc) is 2.92. The van der Waals surface area contributed by atoms with Crippen LogP contribution >= 0.6 is 11.3 Å². The number of nitro groups is 1. The number of hydrogen-bond donors (Lipinski definition) is 2. The van der Waals surface area contributed by atoms with Crippen LogP contribution in [0.5, 0.6) is 0 Å². The summed E-state index contributed by atoms with van der Waals surface area (Å²) in [6.07, 6.45) is 2.16. The minimum atomic E-state index is -0.479. The van der Waals surface area contributed by atoms with Crippen molar-refractivity contribution in [3.8, 4) is 0 Å². The van der Waals surface area contributed by atoms with Crippen LogP contribution in [0.25, 0.3) is 0 Å². The van der Waals surface area contributed by atoms with Crippen LogP contribution in [-0.4, -0.2) is 21.4 Å². The van der Waals surface area contributed by atoms with E-state index in [1.54, 1.807) is 11.3 Å². The molecule has 7 nitrogen and oxygen atoms in total. The smallest absolute Gasteiger partial charge is 0.329 e. The molecule has 0 radical (unpaired) electrons. The van der Waals surface area contributed by atoms with Crippen molar-refractivity contribution in [1.82, 2.24) is 9.97 Å². The van der Waals surface area contributed by atoms with E-state index in [2.05, 4.69) is 33.6 Å². The van der Waals surface area contributed by atoms with E-state index in [9.17, 15) is 10.1 Å². The highest BCUT2D eigenvalue weighted by atomic mass is 32.1. The predicted molar refractivity (Wildman–Crippen MR) is 83.9 cm³/mol. The zero-order chi connectivity index (χ0) is 15.2. The van der Waals surface area contributed by atoms with Gasteiger partial charge in [0.25, 0.3) is 0 Å². The fourth-order valence-electron chi connectivity index (χ4n) is 1.88. The Hall–Kier alpha value is -2.22. The monoisotopic (exact) mass is 307 g/mol. The third kappa shape index (κ3) is 3.66. The van der Waals surface area contributed by atoms with Gasteiger partial charge >= 0.3 is 5.69 Å². The van der Waals surface area contributed by atoms with E-state index in [1.165, 1.54) is 11.8 Å². The first-order valence-corrected chi connectivity index (χ1v) is 7.58. The van der Waals surface area contributed by atoms with Crippen molar-refractivity contribution in [2.75, 3.05) is 17.2 Å². The van der Waals surface area contributed by atoms with Crippen LogP contribution in [0, 0.1) is 10.1 Å². The van der Waals surface area contributed by atoms with Crippen LogP contribution < -0.4 is 10.6 Å². The molecular formula is C13H17N5O2S. The molecule has 0 unspecified atom stereocenters. The van der Waals surface area contributed by atoms with Crippen LogP contribution in [0.1, 0.15) is 24.3 Å². The molecule has 2 rings (SSSR count). The summed E-state index contributed by atoms with van der Waals surface area (Å²) in [6.45, 7) is 5.17. The molecule has 2 aromatic heterocycles. The number of nitrogens with zero attached hydrogens (tertiary/aromatic N) is 3. The molecule has 2 heterocycles. The van der Waals surface area contributed by atoms with Crippen LogP contribution in [0.3, 0.4) is 0 Å². The highest BCUT2D eigenvalue weighted by Crippen LogP contribution is 2.24. The van der Waals surface area contributed by atoms with Crippen molar-refractivity contribution in [2.45, 2.75) is 26.8 Å². The first kappa shape index (κ1) is 15.2. The number of rotatable bonds is 7. The normalized spacial score (nSPS) is 10.4. The maximum atomic E-state index is 11.0. The van der Waals surface area contributed by atoms with E-state index in [-0.39, 0.29) is 11.5 Å². The molecule has 0 saturated carbocycles. The van der Waals surface area contributed by atoms with Gasteiger partial charge in [-0.2, -0.15) is 4.98 Å². The topological polar surface area (TPSA) is 93.0 Å². The number of aromatic nitrogens is 2. The van der Waals surface area contributed by atoms with Crippen molar-refractivity contribution in [3.05, 3.63) is 38.2 Å². The molecule has 0 aromatic carbocycles. The Morgan fingerprint density at radius 3 is 2.86 bits per heavy atom. The minimum Gasteiger partial charge on any atom is -0.359 e. The largest absolute Gasteiger partial charge is 0.359 e. The van der Waals surface area contributed by atoms with Crippen LogP contribution in [0.4, 0.5) is 17.5 Å². The molecule has 0 bridgehead atoms. The fraction of sp³-hybridized carbons (Fsp3) is 0.385. The lowest BCUT2D eigenvalue weighted by atomic mass is 10.2. The van der Waals surface area contributed by atoms with Gasteiger partial charge in [0.2, 0.25) is 11.8 Å². The molecule has 2 aromatic rings. The highest BCUT2D eigenvalue weighted by molar-refractivity contribution is 7.10. The van der Waals surface area contributed by atoms with Gasteiger partial charge in [0, 0.05) is 11.4 Å². The second-order valence-electron chi connectivity index (χ2n) is 4.29. The molecule has 0 atom stereocenters. The molecule has 112 valence electrons. The lowest BCUT2D eigenvalue weighted by Crippen LogP contribution is -2.09. The lowest BCUT2D eigenvalue weighted by Gasteiger charge is -2.08. The summed E-state index contributed by atoms with van der Waals surface area (Å²) in [5, 5.41) is 19.1. The second kappa shape index (κ2) is 6.98. The van der Waals surface area contributed by atoms with E-state index < -0.39 is 4.92 Å². The molecule has 0 aliphatic rings. The first-order chi connectivity index (χ1) is 10.2. The molecule has 0 spiro atoms. The SMILES string of the molecule is CCNc1ncc([N+](=O)[O-])c(NCc2sccc2CC)n1. The third-order valence-corrected chi connectivity index (χ3v) is 3.90. The molecule has 0 aliphatic carbocycles. The van der Waals surface area contributed by atoms with Crippen LogP contribution in [-0.2, 0) is 13.0 Å². The number of hydrogen-bond acceptors (Lipinski definition) is 7. The van der Waals surface area contributed by atoms with E-state index in [1.807, 2.05) is 12.3 Å². The molecule has 0 fully saturated rings. The minimum absolute atomic E-state index is 0.119. The number of anilines is 2. The quantitative estimate of drug-likeness (QED) is 0.603. The van der Waals surface area contributed by atoms with Crippen molar-refractivity contribution in [1.29, 1.82) is 0 Å². The zero-order valence-electron chi connectivity index (χ0n) is 11.9. The molecular weight excluding hydrogens is 290 g/mol. The van der Waals surface area contributed by atoms with E-state index >= 15 is 0 Å². The van der Waals surface area contributed by atoms with Crippen molar-refractivity contribution >= 4 is 28.8 Å². The van der Waals surface area contributed by atoms with Gasteiger partial charge in [-0.05, 0) is 30.4 Å². The summed E-state index contributed by atoms with van der Waals surface area (Å²) in [7, 11) is 0. The Labute approximate surface area is 126 Å². The summed E-state index contributed by atoms with van der Waals surface area (Å²) in [4.78, 5) is 19.8. The molecule has 8 heteroatoms. The number of aryl methyl sites for hydroxylation is 1. The summed E-state index contributed by atoms with van der Waals surface area (Å²) >= 11 is 1.63. The molecule has 0 aliphatic heterocycles. The Kier molecular flexibility index (Phi) is 5.04. The Morgan fingerprint density at radius 1 is 1.38 bits per heavy atom. The third-order valence-electron chi connectivity index (χ3n) is 2.94. The van der Waals surface area contributed by atoms with Gasteiger partial charge in [-0.1, -0.05) is 6.92 Å². The maximum Gasteiger partial charge on any atom is 0.329 e. The van der Waals surface area contributed by atoms with Crippen molar-refractivity contribution in [2.24, 2.45) is 0 Å². The van der Waals surface area contributed by atoms with Gasteiger partial charge in [0.1, 0.15) is 6.20 Å². The summed E-state index contributed by atoms with van der Waals surface area (Å²) < 4.78 is 0. The Bertz CT molecular complexity index is 629. The highest BCUT2D eigenvalue weighted by Gasteiger charge is 2.17. The zero-order valence-corrected chi connectivity index (χ0v) is 12.7. The molecule has 2 N–H and O–H groups in total. The van der Waals surface area contributed by atoms with Crippen LogP contribution in [0.2, 0.25) is 0 Å². The van der Waals surface area contributed by atoms with Gasteiger partial charge in [-0.15, -0.1) is 11.3 Å². The Morgan fingerprint density at radius 2 is 2.19 bits per heavy atom. The standard InChI is InChI=1S/C13H17N5O2S/c1-3-9-5-6-21-11(9)8-15-12-10(18(19)20)7-16-13(17-12)14-4-2/h5-7H,3-4,8H2,1-2H3,(H2,14,15,16,17). The van der Waals surface area contributed by atoms with Gasteiger partial charge in [-0.25, -0.2) is 4.98 Å². The predicted octanol–water partition coefficient (Wildman–Crippen LogP) is 3.05. The number of thiophene rings is 1. The van der Waals surface area contributed by atoms with Crippen molar-refractivity contribution in [3.63, 3.8) is 0 Å². The van der Waals surface area contributed by atoms with Gasteiger partial charge < -0.3 is 10.6 Å². The maximum absolute atomic E-state index is 11.0. The van der Waals surface area contributed by atoms with Gasteiger partial charge in [0.15, 0.2) is 0 Å². The summed E-state index contributed by atoms with van der Waals surface area (Å²) in [6, 6.07) is 2.07. The summed E-state index contributed by atoms with van der Waals surface area (Å²) in [5.41, 5.74) is 1.13. The fourth-order valence-corrected chi connectivity index (χ4v) is 2.80. The van der Waals surface area contributed by atoms with Crippen molar-refractivity contribution < 1.29 is 4.92 Å². The Balaban J connectivity index is 2.20. The van der Waals surface area contributed by atoms with Gasteiger partial charge in [-0.3, -0.25) is 10.1 Å². The second-order valence-corrected chi connectivity index (χ2v) is 5.29. The molecule has 0 amide bonds. The lowest BCUT2D eigenvalue weighted by molar-refractivity contribution is -0.384. The summed E-state index contributed by atoms with van der Waals surface area (Å²) in [5.74, 6) is 0.619. The average molecular weight is 307 g/mol. The first-order valence-electron chi connectivity index (χ1n) is 6.70. The van der Waals surface area contributed by atoms with E-state index in [0.29, 0.717) is 19.0 Å². The van der Waals surface area contributed by atoms with Crippen LogP contribution in [0.15, 0.2) is 17.6 Å². The molecule has 0 saturated heterocycles. The van der Waals surface area contributed by atoms with Gasteiger partial charge in [0.05, 0.1) is 11.5 Å². The van der Waals surface area contributed by atoms with E-state index in [0.717, 1.165) is 11.3 Å². The number of nitrogens with one attached hydrogen (secondary N) is 2.